The molecule has 1 aromatic heterocycles. The molecule has 0 radical (unpaired) electrons. The zero-order chi connectivity index (χ0) is 13.0. The van der Waals surface area contributed by atoms with Gasteiger partial charge in [-0.3, -0.25) is 0 Å². The van der Waals surface area contributed by atoms with Crippen LogP contribution in [-0.2, 0) is 6.42 Å². The maximum absolute atomic E-state index is 5.62. The zero-order valence-corrected chi connectivity index (χ0v) is 12.0. The average Bonchev–Trinajstić information content (AvgIpc) is 2.84. The fourth-order valence-corrected chi connectivity index (χ4v) is 3.45. The molecule has 18 heavy (non-hydrogen) atoms. The van der Waals surface area contributed by atoms with Gasteiger partial charge in [0.15, 0.2) is 0 Å². The van der Waals surface area contributed by atoms with Crippen LogP contribution >= 0.6 is 0 Å². The summed E-state index contributed by atoms with van der Waals surface area (Å²) in [6.07, 6.45) is 8.34. The minimum absolute atomic E-state index is 0.492. The van der Waals surface area contributed by atoms with E-state index in [2.05, 4.69) is 32.2 Å². The molecule has 1 aliphatic carbocycles. The lowest BCUT2D eigenvalue weighted by Gasteiger charge is -2.33. The summed E-state index contributed by atoms with van der Waals surface area (Å²) in [4.78, 5) is 0. The number of hydrogen-bond donors (Lipinski definition) is 1. The fourth-order valence-electron chi connectivity index (χ4n) is 3.45. The van der Waals surface area contributed by atoms with E-state index in [-0.39, 0.29) is 0 Å². The Labute approximate surface area is 111 Å². The maximum atomic E-state index is 5.62. The van der Waals surface area contributed by atoms with E-state index in [1.807, 2.05) is 6.26 Å². The van der Waals surface area contributed by atoms with Crippen molar-refractivity contribution in [2.75, 3.05) is 6.54 Å². The van der Waals surface area contributed by atoms with E-state index in [1.54, 1.807) is 0 Å². The van der Waals surface area contributed by atoms with E-state index in [9.17, 15) is 0 Å². The third-order valence-electron chi connectivity index (χ3n) is 4.31. The van der Waals surface area contributed by atoms with E-state index < -0.39 is 0 Å². The fraction of sp³-hybridized carbons (Fsp3) is 0.750. The number of furan rings is 1. The van der Waals surface area contributed by atoms with Crippen LogP contribution < -0.4 is 5.32 Å². The van der Waals surface area contributed by atoms with Gasteiger partial charge in [0.05, 0.1) is 6.26 Å². The second-order valence-electron chi connectivity index (χ2n) is 5.72. The summed E-state index contributed by atoms with van der Waals surface area (Å²) in [5.41, 5.74) is 1.40. The van der Waals surface area contributed by atoms with E-state index in [0.29, 0.717) is 6.04 Å². The molecule has 1 N–H and O–H groups in total. The quantitative estimate of drug-likeness (QED) is 0.840. The van der Waals surface area contributed by atoms with E-state index >= 15 is 0 Å². The van der Waals surface area contributed by atoms with Crippen LogP contribution in [0.25, 0.3) is 0 Å². The molecule has 0 amide bonds. The van der Waals surface area contributed by atoms with Crippen molar-refractivity contribution in [3.05, 3.63) is 23.7 Å². The summed E-state index contributed by atoms with van der Waals surface area (Å²) in [6, 6.07) is 2.66. The molecule has 0 bridgehead atoms. The Morgan fingerprint density at radius 2 is 2.22 bits per heavy atom. The second kappa shape index (κ2) is 6.42. The molecule has 2 heteroatoms. The smallest absolute Gasteiger partial charge is 0.108 e. The number of hydrogen-bond acceptors (Lipinski definition) is 2. The second-order valence-corrected chi connectivity index (χ2v) is 5.72. The number of rotatable bonds is 5. The highest BCUT2D eigenvalue weighted by Gasteiger charge is 2.29. The third-order valence-corrected chi connectivity index (χ3v) is 4.31. The molecule has 0 aromatic carbocycles. The lowest BCUT2D eigenvalue weighted by atomic mass is 9.76. The van der Waals surface area contributed by atoms with E-state index in [4.69, 9.17) is 4.42 Å². The normalized spacial score (nSPS) is 26.2. The first-order valence-electron chi connectivity index (χ1n) is 7.55. The third kappa shape index (κ3) is 2.97. The SMILES string of the molecule is CCNC(c1ccoc1CC)C1CCCC(C)C1. The molecule has 0 spiro atoms. The summed E-state index contributed by atoms with van der Waals surface area (Å²) in [6.45, 7) is 7.80. The zero-order valence-electron chi connectivity index (χ0n) is 12.0. The largest absolute Gasteiger partial charge is 0.469 e. The summed E-state index contributed by atoms with van der Waals surface area (Å²) < 4.78 is 5.62. The van der Waals surface area contributed by atoms with Crippen molar-refractivity contribution >= 4 is 0 Å². The molecule has 1 saturated carbocycles. The molecule has 3 unspecified atom stereocenters. The van der Waals surface area contributed by atoms with Gasteiger partial charge in [-0.2, -0.15) is 0 Å². The predicted molar refractivity (Wildman–Crippen MR) is 75.6 cm³/mol. The standard InChI is InChI=1S/C16H27NO/c1-4-15-14(9-10-18-15)16(17-5-2)13-8-6-7-12(3)11-13/h9-10,12-13,16-17H,4-8,11H2,1-3H3. The molecule has 1 aromatic rings. The van der Waals surface area contributed by atoms with Gasteiger partial charge in [0.25, 0.3) is 0 Å². The maximum Gasteiger partial charge on any atom is 0.108 e. The molecular weight excluding hydrogens is 222 g/mol. The van der Waals surface area contributed by atoms with Crippen LogP contribution in [-0.4, -0.2) is 6.54 Å². The molecule has 1 heterocycles. The highest BCUT2D eigenvalue weighted by atomic mass is 16.3. The minimum atomic E-state index is 0.492. The van der Waals surface area contributed by atoms with Gasteiger partial charge in [-0.1, -0.05) is 33.6 Å². The van der Waals surface area contributed by atoms with Crippen molar-refractivity contribution in [3.8, 4) is 0 Å². The Hall–Kier alpha value is -0.760. The Morgan fingerprint density at radius 1 is 1.39 bits per heavy atom. The highest BCUT2D eigenvalue weighted by molar-refractivity contribution is 5.22. The number of aryl methyl sites for hydroxylation is 1. The topological polar surface area (TPSA) is 25.2 Å². The van der Waals surface area contributed by atoms with Crippen molar-refractivity contribution in [1.29, 1.82) is 0 Å². The van der Waals surface area contributed by atoms with Crippen LogP contribution in [0.3, 0.4) is 0 Å². The van der Waals surface area contributed by atoms with Crippen molar-refractivity contribution in [2.45, 2.75) is 58.9 Å². The van der Waals surface area contributed by atoms with Crippen LogP contribution in [0.5, 0.6) is 0 Å². The molecule has 1 aliphatic rings. The first kappa shape index (κ1) is 13.7. The van der Waals surface area contributed by atoms with Gasteiger partial charge < -0.3 is 9.73 Å². The Kier molecular flexibility index (Phi) is 4.87. The van der Waals surface area contributed by atoms with Gasteiger partial charge in [-0.05, 0) is 37.3 Å². The Bertz CT molecular complexity index is 358. The van der Waals surface area contributed by atoms with Crippen molar-refractivity contribution in [2.24, 2.45) is 11.8 Å². The molecule has 3 atom stereocenters. The molecule has 0 aliphatic heterocycles. The summed E-state index contributed by atoms with van der Waals surface area (Å²) >= 11 is 0. The predicted octanol–water partition coefficient (Wildman–Crippen LogP) is 4.32. The first-order chi connectivity index (χ1) is 8.76. The summed E-state index contributed by atoms with van der Waals surface area (Å²) in [5.74, 6) is 2.82. The molecular formula is C16H27NO. The lowest BCUT2D eigenvalue weighted by Crippen LogP contribution is -2.31. The lowest BCUT2D eigenvalue weighted by molar-refractivity contribution is 0.223. The van der Waals surface area contributed by atoms with Gasteiger partial charge in [0.2, 0.25) is 0 Å². The molecule has 1 fully saturated rings. The Morgan fingerprint density at radius 3 is 2.89 bits per heavy atom. The molecule has 0 saturated heterocycles. The highest BCUT2D eigenvalue weighted by Crippen LogP contribution is 2.38. The first-order valence-corrected chi connectivity index (χ1v) is 7.55. The van der Waals surface area contributed by atoms with Gasteiger partial charge >= 0.3 is 0 Å². The van der Waals surface area contributed by atoms with Crippen LogP contribution in [0, 0.1) is 11.8 Å². The van der Waals surface area contributed by atoms with Gasteiger partial charge in [0, 0.05) is 18.0 Å². The monoisotopic (exact) mass is 249 g/mol. The van der Waals surface area contributed by atoms with E-state index in [1.165, 1.54) is 37.0 Å². The Balaban J connectivity index is 2.16. The van der Waals surface area contributed by atoms with Crippen LogP contribution in [0.15, 0.2) is 16.7 Å². The van der Waals surface area contributed by atoms with Gasteiger partial charge in [-0.25, -0.2) is 0 Å². The molecule has 102 valence electrons. The molecule has 2 rings (SSSR count). The number of nitrogens with one attached hydrogen (secondary N) is 1. The van der Waals surface area contributed by atoms with Crippen LogP contribution in [0.1, 0.15) is 63.8 Å². The summed E-state index contributed by atoms with van der Waals surface area (Å²) in [7, 11) is 0. The van der Waals surface area contributed by atoms with E-state index in [0.717, 1.165) is 24.8 Å². The van der Waals surface area contributed by atoms with Crippen LogP contribution in [0.2, 0.25) is 0 Å². The average molecular weight is 249 g/mol. The molecule has 2 nitrogen and oxygen atoms in total. The summed E-state index contributed by atoms with van der Waals surface area (Å²) in [5, 5.41) is 3.69. The van der Waals surface area contributed by atoms with Crippen molar-refractivity contribution in [3.63, 3.8) is 0 Å². The van der Waals surface area contributed by atoms with Crippen molar-refractivity contribution < 1.29 is 4.42 Å². The van der Waals surface area contributed by atoms with Crippen LogP contribution in [0.4, 0.5) is 0 Å². The minimum Gasteiger partial charge on any atom is -0.469 e. The van der Waals surface area contributed by atoms with Gasteiger partial charge in [0.1, 0.15) is 5.76 Å². The van der Waals surface area contributed by atoms with Gasteiger partial charge in [-0.15, -0.1) is 0 Å². The van der Waals surface area contributed by atoms with Crippen molar-refractivity contribution in [1.82, 2.24) is 5.32 Å².